The fourth-order valence-corrected chi connectivity index (χ4v) is 1.90. The van der Waals surface area contributed by atoms with Crippen molar-refractivity contribution in [3.8, 4) is 0 Å². The molecule has 14 heavy (non-hydrogen) atoms. The van der Waals surface area contributed by atoms with Gasteiger partial charge in [0.2, 0.25) is 0 Å². The van der Waals surface area contributed by atoms with Crippen LogP contribution < -0.4 is 0 Å². The highest BCUT2D eigenvalue weighted by molar-refractivity contribution is 6.18. The molecule has 0 radical (unpaired) electrons. The molecule has 0 unspecified atom stereocenters. The molecule has 86 valence electrons. The molecule has 0 heterocycles. The molecule has 0 N–H and O–H groups in total. The van der Waals surface area contributed by atoms with Crippen molar-refractivity contribution >= 4 is 11.6 Å². The first kappa shape index (κ1) is 14.2. The van der Waals surface area contributed by atoms with Gasteiger partial charge in [-0.25, -0.2) is 0 Å². The molecule has 0 atom stereocenters. The zero-order valence-corrected chi connectivity index (χ0v) is 10.4. The summed E-state index contributed by atoms with van der Waals surface area (Å²) in [6.07, 6.45) is 3.30. The van der Waals surface area contributed by atoms with E-state index in [2.05, 4.69) is 13.8 Å². The molecule has 0 aromatic heterocycles. The Morgan fingerprint density at radius 1 is 1.07 bits per heavy atom. The number of halogens is 1. The molecule has 0 rings (SSSR count). The highest BCUT2D eigenvalue weighted by Crippen LogP contribution is 2.31. The van der Waals surface area contributed by atoms with E-state index < -0.39 is 0 Å². The van der Waals surface area contributed by atoms with Crippen molar-refractivity contribution in [2.75, 3.05) is 32.8 Å². The Morgan fingerprint density at radius 2 is 1.71 bits per heavy atom. The van der Waals surface area contributed by atoms with Gasteiger partial charge in [0.15, 0.2) is 0 Å². The Morgan fingerprint density at radius 3 is 2.14 bits per heavy atom. The Labute approximate surface area is 92.9 Å². The lowest BCUT2D eigenvalue weighted by Gasteiger charge is -2.28. The number of hydrogen-bond acceptors (Lipinski definition) is 2. The maximum absolute atomic E-state index is 5.98. The van der Waals surface area contributed by atoms with Gasteiger partial charge in [-0.15, -0.1) is 11.6 Å². The molecule has 0 spiro atoms. The number of rotatable bonds is 9. The van der Waals surface area contributed by atoms with Crippen molar-refractivity contribution < 1.29 is 9.47 Å². The van der Waals surface area contributed by atoms with Crippen LogP contribution in [0.15, 0.2) is 0 Å². The van der Waals surface area contributed by atoms with Crippen LogP contribution in [0, 0.1) is 5.41 Å². The van der Waals surface area contributed by atoms with E-state index in [4.69, 9.17) is 21.1 Å². The molecular formula is C11H23ClO2. The SMILES string of the molecule is CCC(CC)(CCl)CCOCCOC. The van der Waals surface area contributed by atoms with Crippen LogP contribution in [0.4, 0.5) is 0 Å². The highest BCUT2D eigenvalue weighted by atomic mass is 35.5. The first-order valence-electron chi connectivity index (χ1n) is 5.37. The molecular weight excluding hydrogens is 200 g/mol. The van der Waals surface area contributed by atoms with E-state index in [-0.39, 0.29) is 5.41 Å². The van der Waals surface area contributed by atoms with Crippen molar-refractivity contribution in [2.24, 2.45) is 5.41 Å². The topological polar surface area (TPSA) is 18.5 Å². The van der Waals surface area contributed by atoms with Crippen LogP contribution in [0.2, 0.25) is 0 Å². The summed E-state index contributed by atoms with van der Waals surface area (Å²) in [4.78, 5) is 0. The standard InChI is InChI=1S/C11H23ClO2/c1-4-11(5-2,10-12)6-7-14-9-8-13-3/h4-10H2,1-3H3. The number of ether oxygens (including phenoxy) is 2. The van der Waals surface area contributed by atoms with Crippen molar-refractivity contribution in [3.05, 3.63) is 0 Å². The maximum Gasteiger partial charge on any atom is 0.0700 e. The Balaban J connectivity index is 3.61. The average molecular weight is 223 g/mol. The minimum Gasteiger partial charge on any atom is -0.382 e. The fourth-order valence-electron chi connectivity index (χ4n) is 1.39. The third kappa shape index (κ3) is 5.18. The minimum atomic E-state index is 0.272. The van der Waals surface area contributed by atoms with Crippen molar-refractivity contribution in [1.82, 2.24) is 0 Å². The molecule has 0 aliphatic carbocycles. The van der Waals surface area contributed by atoms with Gasteiger partial charge >= 0.3 is 0 Å². The van der Waals surface area contributed by atoms with Crippen LogP contribution in [-0.4, -0.2) is 32.8 Å². The van der Waals surface area contributed by atoms with E-state index in [0.29, 0.717) is 13.2 Å². The summed E-state index contributed by atoms with van der Waals surface area (Å²) in [6.45, 7) is 6.54. The summed E-state index contributed by atoms with van der Waals surface area (Å²) in [5, 5.41) is 0. The van der Waals surface area contributed by atoms with Crippen LogP contribution in [-0.2, 0) is 9.47 Å². The minimum absolute atomic E-state index is 0.272. The van der Waals surface area contributed by atoms with Gasteiger partial charge in [0.1, 0.15) is 0 Å². The monoisotopic (exact) mass is 222 g/mol. The predicted octanol–water partition coefficient (Wildman–Crippen LogP) is 3.08. The molecule has 0 amide bonds. The number of hydrogen-bond donors (Lipinski definition) is 0. The Bertz CT molecular complexity index is 116. The van der Waals surface area contributed by atoms with Gasteiger partial charge in [0.25, 0.3) is 0 Å². The van der Waals surface area contributed by atoms with Crippen LogP contribution >= 0.6 is 11.6 Å². The maximum atomic E-state index is 5.98. The second-order valence-electron chi connectivity index (χ2n) is 3.70. The fraction of sp³-hybridized carbons (Fsp3) is 1.00. The van der Waals surface area contributed by atoms with E-state index >= 15 is 0 Å². The van der Waals surface area contributed by atoms with Gasteiger partial charge < -0.3 is 9.47 Å². The van der Waals surface area contributed by atoms with Gasteiger partial charge in [-0.1, -0.05) is 13.8 Å². The van der Waals surface area contributed by atoms with E-state index in [9.17, 15) is 0 Å². The Kier molecular flexibility index (Phi) is 8.64. The molecule has 0 saturated heterocycles. The summed E-state index contributed by atoms with van der Waals surface area (Å²) in [7, 11) is 1.69. The number of alkyl halides is 1. The molecule has 0 saturated carbocycles. The second kappa shape index (κ2) is 8.51. The second-order valence-corrected chi connectivity index (χ2v) is 3.96. The summed E-state index contributed by atoms with van der Waals surface area (Å²) < 4.78 is 10.4. The smallest absolute Gasteiger partial charge is 0.0700 e. The quantitative estimate of drug-likeness (QED) is 0.441. The van der Waals surface area contributed by atoms with Gasteiger partial charge in [-0.2, -0.15) is 0 Å². The van der Waals surface area contributed by atoms with E-state index in [1.54, 1.807) is 7.11 Å². The molecule has 3 heteroatoms. The Hall–Kier alpha value is 0.210. The molecule has 0 aliphatic heterocycles. The van der Waals surface area contributed by atoms with Crippen molar-refractivity contribution in [1.29, 1.82) is 0 Å². The van der Waals surface area contributed by atoms with E-state index in [1.165, 1.54) is 0 Å². The zero-order chi connectivity index (χ0) is 10.9. The normalized spacial score (nSPS) is 12.0. The molecule has 0 fully saturated rings. The highest BCUT2D eigenvalue weighted by Gasteiger charge is 2.24. The largest absolute Gasteiger partial charge is 0.382 e. The lowest BCUT2D eigenvalue weighted by Crippen LogP contribution is -2.23. The molecule has 0 aliphatic rings. The lowest BCUT2D eigenvalue weighted by atomic mass is 9.81. The van der Waals surface area contributed by atoms with Crippen LogP contribution in [0.1, 0.15) is 33.1 Å². The van der Waals surface area contributed by atoms with E-state index in [1.807, 2.05) is 0 Å². The van der Waals surface area contributed by atoms with Crippen molar-refractivity contribution in [3.63, 3.8) is 0 Å². The van der Waals surface area contributed by atoms with E-state index in [0.717, 1.165) is 31.7 Å². The third-order valence-electron chi connectivity index (χ3n) is 2.99. The van der Waals surface area contributed by atoms with Crippen LogP contribution in [0.3, 0.4) is 0 Å². The lowest BCUT2D eigenvalue weighted by molar-refractivity contribution is 0.0526. The molecule has 0 bridgehead atoms. The van der Waals surface area contributed by atoms with Crippen LogP contribution in [0.5, 0.6) is 0 Å². The van der Waals surface area contributed by atoms with Gasteiger partial charge in [-0.3, -0.25) is 0 Å². The van der Waals surface area contributed by atoms with Gasteiger partial charge in [0, 0.05) is 19.6 Å². The first-order valence-corrected chi connectivity index (χ1v) is 5.90. The average Bonchev–Trinajstić information content (AvgIpc) is 2.24. The summed E-state index contributed by atoms with van der Waals surface area (Å²) in [6, 6.07) is 0. The summed E-state index contributed by atoms with van der Waals surface area (Å²) in [5.74, 6) is 0.730. The predicted molar refractivity (Wildman–Crippen MR) is 61.0 cm³/mol. The third-order valence-corrected chi connectivity index (χ3v) is 3.56. The molecule has 0 aromatic rings. The zero-order valence-electron chi connectivity index (χ0n) is 9.64. The van der Waals surface area contributed by atoms with Gasteiger partial charge in [0.05, 0.1) is 13.2 Å². The number of methoxy groups -OCH3 is 1. The summed E-state index contributed by atoms with van der Waals surface area (Å²) >= 11 is 5.98. The van der Waals surface area contributed by atoms with Crippen LogP contribution in [0.25, 0.3) is 0 Å². The van der Waals surface area contributed by atoms with Crippen molar-refractivity contribution in [2.45, 2.75) is 33.1 Å². The summed E-state index contributed by atoms with van der Waals surface area (Å²) in [5.41, 5.74) is 0.272. The first-order chi connectivity index (χ1) is 6.74. The molecule has 2 nitrogen and oxygen atoms in total. The molecule has 0 aromatic carbocycles. The van der Waals surface area contributed by atoms with Gasteiger partial charge in [-0.05, 0) is 24.7 Å².